The fourth-order valence-electron chi connectivity index (χ4n) is 2.58. The molecule has 156 valence electrons. The van der Waals surface area contributed by atoms with Crippen LogP contribution in [0.5, 0.6) is 5.75 Å². The van der Waals surface area contributed by atoms with Gasteiger partial charge in [-0.05, 0) is 18.6 Å². The number of ether oxygens (including phenoxy) is 2. The van der Waals surface area contributed by atoms with Gasteiger partial charge in [0.25, 0.3) is 5.89 Å². The van der Waals surface area contributed by atoms with Crippen LogP contribution in [-0.2, 0) is 4.74 Å². The van der Waals surface area contributed by atoms with E-state index in [0.29, 0.717) is 19.5 Å². The van der Waals surface area contributed by atoms with E-state index >= 15 is 0 Å². The molecule has 1 N–H and O–H groups in total. The number of amides is 1. The second kappa shape index (κ2) is 9.79. The highest BCUT2D eigenvalue weighted by atomic mass is 19.4. The minimum atomic E-state index is -4.80. The summed E-state index contributed by atoms with van der Waals surface area (Å²) in [4.78, 5) is 17.5. The molecule has 0 aliphatic carbocycles. The fraction of sp³-hybridized carbons (Fsp3) is 0.389. The molecule has 2 heterocycles. The Hall–Kier alpha value is -3.26. The maximum absolute atomic E-state index is 12.3. The monoisotopic (exact) mass is 412 g/mol. The lowest BCUT2D eigenvalue weighted by Gasteiger charge is -2.10. The number of rotatable bonds is 4. The SMILES string of the molecule is COC.N#CN1CCC(NC(=O)c2ncc(-c3cccc(OC(F)(F)F)c3)o2)C1. The van der Waals surface area contributed by atoms with E-state index in [0.717, 1.165) is 12.1 Å². The Kier molecular flexibility index (Phi) is 7.44. The average Bonchev–Trinajstić information content (AvgIpc) is 3.30. The van der Waals surface area contributed by atoms with Crippen LogP contribution in [0, 0.1) is 11.5 Å². The summed E-state index contributed by atoms with van der Waals surface area (Å²) in [5.74, 6) is -1.03. The molecule has 1 aromatic heterocycles. The zero-order valence-electron chi connectivity index (χ0n) is 15.7. The van der Waals surface area contributed by atoms with Gasteiger partial charge in [-0.3, -0.25) is 4.79 Å². The van der Waals surface area contributed by atoms with E-state index in [1.807, 2.05) is 6.19 Å². The minimum Gasteiger partial charge on any atom is -0.432 e. The first-order valence-electron chi connectivity index (χ1n) is 8.43. The predicted molar refractivity (Wildman–Crippen MR) is 94.6 cm³/mol. The lowest BCUT2D eigenvalue weighted by atomic mass is 10.2. The van der Waals surface area contributed by atoms with Gasteiger partial charge in [0.2, 0.25) is 0 Å². The van der Waals surface area contributed by atoms with E-state index in [1.54, 1.807) is 14.2 Å². The zero-order valence-corrected chi connectivity index (χ0v) is 15.7. The maximum Gasteiger partial charge on any atom is 0.573 e. The third-order valence-electron chi connectivity index (χ3n) is 3.72. The summed E-state index contributed by atoms with van der Waals surface area (Å²) >= 11 is 0. The van der Waals surface area contributed by atoms with Gasteiger partial charge < -0.3 is 24.1 Å². The van der Waals surface area contributed by atoms with Crippen molar-refractivity contribution < 1.29 is 31.9 Å². The number of nitrogens with zero attached hydrogens (tertiary/aromatic N) is 3. The summed E-state index contributed by atoms with van der Waals surface area (Å²) in [6.45, 7) is 0.969. The van der Waals surface area contributed by atoms with Gasteiger partial charge in [-0.2, -0.15) is 5.26 Å². The molecule has 0 bridgehead atoms. The van der Waals surface area contributed by atoms with Gasteiger partial charge in [0.15, 0.2) is 12.0 Å². The first-order chi connectivity index (χ1) is 13.8. The Labute approximate surface area is 164 Å². The van der Waals surface area contributed by atoms with Gasteiger partial charge in [0, 0.05) is 38.9 Å². The van der Waals surface area contributed by atoms with Crippen molar-refractivity contribution in [3.05, 3.63) is 36.4 Å². The lowest BCUT2D eigenvalue weighted by molar-refractivity contribution is -0.274. The summed E-state index contributed by atoms with van der Waals surface area (Å²) in [7, 11) is 3.25. The number of hydrogen-bond acceptors (Lipinski definition) is 7. The predicted octanol–water partition coefficient (Wildman–Crippen LogP) is 2.79. The summed E-state index contributed by atoms with van der Waals surface area (Å²) in [5.41, 5.74) is 0.287. The molecule has 1 aliphatic rings. The molecule has 1 aliphatic heterocycles. The van der Waals surface area contributed by atoms with Gasteiger partial charge in [-0.15, -0.1) is 13.2 Å². The topological polar surface area (TPSA) is 101 Å². The number of halogens is 3. The molecule has 2 aromatic rings. The van der Waals surface area contributed by atoms with Crippen molar-refractivity contribution in [2.45, 2.75) is 18.8 Å². The molecular formula is C18H19F3N4O4. The molecule has 11 heteroatoms. The molecule has 0 spiro atoms. The van der Waals surface area contributed by atoms with Crippen molar-refractivity contribution in [2.24, 2.45) is 0 Å². The first kappa shape index (κ1) is 22.0. The number of carbonyl (C=O) groups is 1. The van der Waals surface area contributed by atoms with E-state index in [2.05, 4.69) is 19.8 Å². The van der Waals surface area contributed by atoms with E-state index in [4.69, 9.17) is 9.68 Å². The number of benzene rings is 1. The third-order valence-corrected chi connectivity index (χ3v) is 3.72. The molecule has 0 saturated carbocycles. The molecule has 8 nitrogen and oxygen atoms in total. The van der Waals surface area contributed by atoms with Crippen LogP contribution >= 0.6 is 0 Å². The number of methoxy groups -OCH3 is 1. The molecular weight excluding hydrogens is 393 g/mol. The molecule has 0 radical (unpaired) electrons. The maximum atomic E-state index is 12.3. The van der Waals surface area contributed by atoms with Crippen molar-refractivity contribution in [3.8, 4) is 23.3 Å². The summed E-state index contributed by atoms with van der Waals surface area (Å²) in [5, 5.41) is 11.5. The van der Waals surface area contributed by atoms with Crippen molar-refractivity contribution in [3.63, 3.8) is 0 Å². The second-order valence-electron chi connectivity index (χ2n) is 6.02. The second-order valence-corrected chi connectivity index (χ2v) is 6.02. The van der Waals surface area contributed by atoms with E-state index < -0.39 is 18.0 Å². The van der Waals surface area contributed by atoms with Crippen LogP contribution in [0.1, 0.15) is 17.1 Å². The number of oxazole rings is 1. The number of nitrogens with one attached hydrogen (secondary N) is 1. The van der Waals surface area contributed by atoms with Gasteiger partial charge in [-0.25, -0.2) is 4.98 Å². The smallest absolute Gasteiger partial charge is 0.432 e. The Morgan fingerprint density at radius 3 is 2.76 bits per heavy atom. The average molecular weight is 412 g/mol. The Morgan fingerprint density at radius 1 is 1.41 bits per heavy atom. The van der Waals surface area contributed by atoms with Crippen LogP contribution in [0.4, 0.5) is 13.2 Å². The third kappa shape index (κ3) is 6.69. The van der Waals surface area contributed by atoms with Crippen molar-refractivity contribution in [1.29, 1.82) is 5.26 Å². The zero-order chi connectivity index (χ0) is 21.4. The van der Waals surface area contributed by atoms with Gasteiger partial charge in [0.05, 0.1) is 6.20 Å². The molecule has 1 aromatic carbocycles. The minimum absolute atomic E-state index is 0.132. The highest BCUT2D eigenvalue weighted by Crippen LogP contribution is 2.28. The van der Waals surface area contributed by atoms with E-state index in [-0.39, 0.29) is 23.3 Å². The van der Waals surface area contributed by atoms with Crippen LogP contribution in [0.3, 0.4) is 0 Å². The molecule has 29 heavy (non-hydrogen) atoms. The normalized spacial score (nSPS) is 15.9. The van der Waals surface area contributed by atoms with Gasteiger partial charge >= 0.3 is 12.3 Å². The van der Waals surface area contributed by atoms with Crippen molar-refractivity contribution >= 4 is 5.91 Å². The number of aromatic nitrogens is 1. The van der Waals surface area contributed by atoms with Crippen LogP contribution in [-0.4, -0.2) is 55.5 Å². The molecule has 3 rings (SSSR count). The summed E-state index contributed by atoms with van der Waals surface area (Å²) in [6, 6.07) is 4.97. The van der Waals surface area contributed by atoms with E-state index in [9.17, 15) is 18.0 Å². The lowest BCUT2D eigenvalue weighted by Crippen LogP contribution is -2.36. The van der Waals surface area contributed by atoms with Crippen molar-refractivity contribution in [1.82, 2.24) is 15.2 Å². The largest absolute Gasteiger partial charge is 0.573 e. The number of carbonyl (C=O) groups excluding carboxylic acids is 1. The number of nitriles is 1. The Balaban J connectivity index is 0.000000941. The summed E-state index contributed by atoms with van der Waals surface area (Å²) < 4.78 is 50.3. The fourth-order valence-corrected chi connectivity index (χ4v) is 2.58. The molecule has 1 saturated heterocycles. The molecule has 1 amide bonds. The Bertz CT molecular complexity index is 863. The Morgan fingerprint density at radius 2 is 2.14 bits per heavy atom. The standard InChI is InChI=1S/C16H13F3N4O3.C2H6O/c17-16(18,19)26-12-3-1-2-10(6-12)13-7-21-15(25-13)14(24)22-11-4-5-23(8-11)9-20;1-3-2/h1-3,6-7,11H,4-5,8H2,(H,22,24);1-2H3. The molecule has 1 unspecified atom stereocenters. The van der Waals surface area contributed by atoms with Crippen LogP contribution in [0.15, 0.2) is 34.9 Å². The number of hydrogen-bond donors (Lipinski definition) is 1. The van der Waals surface area contributed by atoms with Crippen molar-refractivity contribution in [2.75, 3.05) is 27.3 Å². The quantitative estimate of drug-likeness (QED) is 0.771. The number of alkyl halides is 3. The van der Waals surface area contributed by atoms with E-state index in [1.165, 1.54) is 23.2 Å². The van der Waals surface area contributed by atoms with Crippen LogP contribution < -0.4 is 10.1 Å². The summed E-state index contributed by atoms with van der Waals surface area (Å²) in [6.07, 6.45) is -0.920. The van der Waals surface area contributed by atoms with Gasteiger partial charge in [0.1, 0.15) is 5.75 Å². The number of likely N-dealkylation sites (tertiary alicyclic amines) is 1. The van der Waals surface area contributed by atoms with Gasteiger partial charge in [-0.1, -0.05) is 12.1 Å². The molecule has 1 atom stereocenters. The first-order valence-corrected chi connectivity index (χ1v) is 8.43. The highest BCUT2D eigenvalue weighted by molar-refractivity contribution is 5.90. The van der Waals surface area contributed by atoms with Crippen LogP contribution in [0.25, 0.3) is 11.3 Å². The molecule has 1 fully saturated rings. The highest BCUT2D eigenvalue weighted by Gasteiger charge is 2.31. The van der Waals surface area contributed by atoms with Crippen LogP contribution in [0.2, 0.25) is 0 Å².